The maximum atomic E-state index is 3.40. The average molecular weight is 168 g/mol. The fourth-order valence-electron chi connectivity index (χ4n) is 2.37. The molecule has 1 heterocycles. The van der Waals surface area contributed by atoms with Crippen molar-refractivity contribution in [2.24, 2.45) is 5.92 Å². The van der Waals surface area contributed by atoms with Crippen LogP contribution in [0.5, 0.6) is 0 Å². The van der Waals surface area contributed by atoms with Crippen LogP contribution in [0.2, 0.25) is 0 Å². The highest BCUT2D eigenvalue weighted by Gasteiger charge is 2.40. The summed E-state index contributed by atoms with van der Waals surface area (Å²) in [5.74, 6) is 1.05. The Labute approximate surface area is 75.3 Å². The summed E-state index contributed by atoms with van der Waals surface area (Å²) in [5.41, 5.74) is 0. The molecule has 2 nitrogen and oxygen atoms in total. The standard InChI is InChI=1S/C10H20N2/c1-2-3-9-8-10(9)12-6-4-11-5-7-12/h9-11H,2-8H2,1H3. The van der Waals surface area contributed by atoms with Gasteiger partial charge >= 0.3 is 0 Å². The first kappa shape index (κ1) is 8.52. The van der Waals surface area contributed by atoms with Crippen molar-refractivity contribution in [3.63, 3.8) is 0 Å². The molecule has 0 spiro atoms. The van der Waals surface area contributed by atoms with E-state index >= 15 is 0 Å². The van der Waals surface area contributed by atoms with Crippen molar-refractivity contribution in [1.82, 2.24) is 10.2 Å². The van der Waals surface area contributed by atoms with Gasteiger partial charge < -0.3 is 5.32 Å². The summed E-state index contributed by atoms with van der Waals surface area (Å²) >= 11 is 0. The average Bonchev–Trinajstić information content (AvgIpc) is 2.87. The van der Waals surface area contributed by atoms with Gasteiger partial charge in [0.15, 0.2) is 0 Å². The Morgan fingerprint density at radius 1 is 1.33 bits per heavy atom. The lowest BCUT2D eigenvalue weighted by Crippen LogP contribution is -2.44. The van der Waals surface area contributed by atoms with Crippen molar-refractivity contribution in [2.75, 3.05) is 26.2 Å². The Morgan fingerprint density at radius 2 is 2.08 bits per heavy atom. The fraction of sp³-hybridized carbons (Fsp3) is 1.00. The molecule has 1 aliphatic carbocycles. The molecule has 2 fully saturated rings. The summed E-state index contributed by atoms with van der Waals surface area (Å²) in [5, 5.41) is 3.40. The quantitative estimate of drug-likeness (QED) is 0.678. The van der Waals surface area contributed by atoms with Crippen molar-refractivity contribution in [3.8, 4) is 0 Å². The maximum absolute atomic E-state index is 3.40. The fourth-order valence-corrected chi connectivity index (χ4v) is 2.37. The topological polar surface area (TPSA) is 15.3 Å². The molecule has 2 atom stereocenters. The molecule has 2 rings (SSSR count). The zero-order valence-corrected chi connectivity index (χ0v) is 8.05. The van der Waals surface area contributed by atoms with Crippen molar-refractivity contribution < 1.29 is 0 Å². The van der Waals surface area contributed by atoms with Crippen LogP contribution in [0.3, 0.4) is 0 Å². The Bertz CT molecular complexity index is 141. The summed E-state index contributed by atoms with van der Waals surface area (Å²) in [7, 11) is 0. The highest BCUT2D eigenvalue weighted by atomic mass is 15.2. The lowest BCUT2D eigenvalue weighted by atomic mass is 10.2. The summed E-state index contributed by atoms with van der Waals surface area (Å²) in [6, 6.07) is 0.965. The van der Waals surface area contributed by atoms with Crippen LogP contribution in [-0.2, 0) is 0 Å². The molecule has 0 bridgehead atoms. The minimum atomic E-state index is 0.965. The molecule has 0 amide bonds. The highest BCUT2D eigenvalue weighted by molar-refractivity contribution is 4.95. The molecular formula is C10H20N2. The molecular weight excluding hydrogens is 148 g/mol. The molecule has 0 aromatic heterocycles. The van der Waals surface area contributed by atoms with Gasteiger partial charge in [0.2, 0.25) is 0 Å². The van der Waals surface area contributed by atoms with E-state index in [4.69, 9.17) is 0 Å². The van der Waals surface area contributed by atoms with Gasteiger partial charge in [-0.2, -0.15) is 0 Å². The van der Waals surface area contributed by atoms with Gasteiger partial charge in [-0.25, -0.2) is 0 Å². The zero-order valence-electron chi connectivity index (χ0n) is 8.05. The Kier molecular flexibility index (Phi) is 2.66. The molecule has 12 heavy (non-hydrogen) atoms. The molecule has 1 saturated carbocycles. The van der Waals surface area contributed by atoms with Gasteiger partial charge in [-0.3, -0.25) is 4.90 Å². The SMILES string of the molecule is CCCC1CC1N1CCNCC1. The van der Waals surface area contributed by atoms with Gasteiger partial charge in [-0.15, -0.1) is 0 Å². The predicted octanol–water partition coefficient (Wildman–Crippen LogP) is 1.08. The van der Waals surface area contributed by atoms with Crippen LogP contribution in [0.4, 0.5) is 0 Å². The molecule has 2 unspecified atom stereocenters. The van der Waals surface area contributed by atoms with Crippen LogP contribution < -0.4 is 5.32 Å². The van der Waals surface area contributed by atoms with Crippen molar-refractivity contribution in [3.05, 3.63) is 0 Å². The van der Waals surface area contributed by atoms with Crippen molar-refractivity contribution >= 4 is 0 Å². The lowest BCUT2D eigenvalue weighted by molar-refractivity contribution is 0.220. The summed E-state index contributed by atoms with van der Waals surface area (Å²) in [4.78, 5) is 2.68. The molecule has 2 aliphatic rings. The lowest BCUT2D eigenvalue weighted by Gasteiger charge is -2.27. The number of nitrogens with zero attached hydrogens (tertiary/aromatic N) is 1. The van der Waals surface area contributed by atoms with Gasteiger partial charge in [-0.05, 0) is 18.8 Å². The second-order valence-electron chi connectivity index (χ2n) is 4.14. The summed E-state index contributed by atoms with van der Waals surface area (Å²) in [6.07, 6.45) is 4.30. The third-order valence-electron chi connectivity index (χ3n) is 3.17. The minimum Gasteiger partial charge on any atom is -0.314 e. The normalized spacial score (nSPS) is 36.8. The van der Waals surface area contributed by atoms with E-state index in [1.54, 1.807) is 0 Å². The van der Waals surface area contributed by atoms with Crippen LogP contribution in [0, 0.1) is 5.92 Å². The van der Waals surface area contributed by atoms with Gasteiger partial charge in [0.1, 0.15) is 0 Å². The van der Waals surface area contributed by atoms with E-state index in [0.29, 0.717) is 0 Å². The summed E-state index contributed by atoms with van der Waals surface area (Å²) in [6.45, 7) is 7.27. The maximum Gasteiger partial charge on any atom is 0.0128 e. The molecule has 1 aliphatic heterocycles. The first-order valence-corrected chi connectivity index (χ1v) is 5.36. The number of hydrogen-bond donors (Lipinski definition) is 1. The molecule has 0 aromatic carbocycles. The van der Waals surface area contributed by atoms with Crippen molar-refractivity contribution in [2.45, 2.75) is 32.2 Å². The monoisotopic (exact) mass is 168 g/mol. The Hall–Kier alpha value is -0.0800. The van der Waals surface area contributed by atoms with Gasteiger partial charge in [0.25, 0.3) is 0 Å². The number of nitrogens with one attached hydrogen (secondary N) is 1. The third-order valence-corrected chi connectivity index (χ3v) is 3.17. The van der Waals surface area contributed by atoms with E-state index in [2.05, 4.69) is 17.1 Å². The first-order valence-electron chi connectivity index (χ1n) is 5.36. The second-order valence-corrected chi connectivity index (χ2v) is 4.14. The number of piperazine rings is 1. The third kappa shape index (κ3) is 1.80. The highest BCUT2D eigenvalue weighted by Crippen LogP contribution is 2.39. The second kappa shape index (κ2) is 3.75. The molecule has 1 N–H and O–H groups in total. The van der Waals surface area contributed by atoms with E-state index in [1.807, 2.05) is 0 Å². The number of rotatable bonds is 3. The smallest absolute Gasteiger partial charge is 0.0128 e. The number of hydrogen-bond acceptors (Lipinski definition) is 2. The van der Waals surface area contributed by atoms with Gasteiger partial charge in [0.05, 0.1) is 0 Å². The van der Waals surface area contributed by atoms with E-state index in [0.717, 1.165) is 12.0 Å². The minimum absolute atomic E-state index is 0.965. The van der Waals surface area contributed by atoms with Crippen LogP contribution in [0.1, 0.15) is 26.2 Å². The van der Waals surface area contributed by atoms with Crippen LogP contribution >= 0.6 is 0 Å². The Morgan fingerprint density at radius 3 is 2.75 bits per heavy atom. The zero-order chi connectivity index (χ0) is 8.39. The molecule has 1 saturated heterocycles. The van der Waals surface area contributed by atoms with Crippen LogP contribution in [0.25, 0.3) is 0 Å². The predicted molar refractivity (Wildman–Crippen MR) is 51.2 cm³/mol. The van der Waals surface area contributed by atoms with Crippen LogP contribution in [0.15, 0.2) is 0 Å². The molecule has 0 aromatic rings. The Balaban J connectivity index is 1.72. The van der Waals surface area contributed by atoms with E-state index in [1.165, 1.54) is 45.4 Å². The van der Waals surface area contributed by atoms with Crippen molar-refractivity contribution in [1.29, 1.82) is 0 Å². The van der Waals surface area contributed by atoms with Crippen LogP contribution in [-0.4, -0.2) is 37.1 Å². The molecule has 70 valence electrons. The van der Waals surface area contributed by atoms with Gasteiger partial charge in [-0.1, -0.05) is 13.3 Å². The first-order chi connectivity index (χ1) is 5.92. The van der Waals surface area contributed by atoms with Gasteiger partial charge in [0, 0.05) is 32.2 Å². The largest absolute Gasteiger partial charge is 0.314 e. The molecule has 0 radical (unpaired) electrons. The van der Waals surface area contributed by atoms with E-state index < -0.39 is 0 Å². The van der Waals surface area contributed by atoms with E-state index in [9.17, 15) is 0 Å². The van der Waals surface area contributed by atoms with E-state index in [-0.39, 0.29) is 0 Å². The molecule has 2 heteroatoms. The summed E-state index contributed by atoms with van der Waals surface area (Å²) < 4.78 is 0.